The quantitative estimate of drug-likeness (QED) is 0.753. The van der Waals surface area contributed by atoms with Gasteiger partial charge in [-0.05, 0) is 44.5 Å². The Hall–Kier alpha value is -0.250. The highest BCUT2D eigenvalue weighted by atomic mass is 79.9. The lowest BCUT2D eigenvalue weighted by atomic mass is 9.98. The summed E-state index contributed by atoms with van der Waals surface area (Å²) in [5, 5.41) is 0. The number of rotatable bonds is 5. The molecule has 4 heteroatoms. The third kappa shape index (κ3) is 3.19. The van der Waals surface area contributed by atoms with Crippen molar-refractivity contribution in [2.24, 2.45) is 0 Å². The van der Waals surface area contributed by atoms with Gasteiger partial charge >= 0.3 is 0 Å². The maximum atomic E-state index is 5.78. The molecule has 0 unspecified atom stereocenters. The van der Waals surface area contributed by atoms with Crippen LogP contribution >= 0.6 is 27.5 Å². The molecule has 0 aromatic heterocycles. The van der Waals surface area contributed by atoms with Crippen molar-refractivity contribution in [2.45, 2.75) is 27.3 Å². The zero-order valence-electron chi connectivity index (χ0n) is 11.7. The lowest BCUT2D eigenvalue weighted by Crippen LogP contribution is -2.21. The van der Waals surface area contributed by atoms with E-state index in [-0.39, 0.29) is 0 Å². The Morgan fingerprint density at radius 3 is 2.28 bits per heavy atom. The van der Waals surface area contributed by atoms with Crippen molar-refractivity contribution in [3.63, 3.8) is 0 Å². The molecule has 1 rings (SSSR count). The van der Waals surface area contributed by atoms with Gasteiger partial charge in [0.25, 0.3) is 0 Å². The molecule has 0 fully saturated rings. The van der Waals surface area contributed by atoms with Crippen LogP contribution in [0.15, 0.2) is 4.47 Å². The summed E-state index contributed by atoms with van der Waals surface area (Å²) in [5.41, 5.74) is 4.92. The van der Waals surface area contributed by atoms with Crippen molar-refractivity contribution >= 4 is 27.5 Å². The fourth-order valence-electron chi connectivity index (χ4n) is 2.11. The normalized spacial score (nSPS) is 11.1. The van der Waals surface area contributed by atoms with Crippen molar-refractivity contribution in [3.8, 4) is 5.75 Å². The van der Waals surface area contributed by atoms with E-state index < -0.39 is 0 Å². The van der Waals surface area contributed by atoms with E-state index in [0.717, 1.165) is 18.8 Å². The summed E-state index contributed by atoms with van der Waals surface area (Å²) in [6.07, 6.45) is 0. The lowest BCUT2D eigenvalue weighted by Gasteiger charge is -2.22. The van der Waals surface area contributed by atoms with E-state index in [9.17, 15) is 0 Å². The number of nitrogens with zero attached hydrogens (tertiary/aromatic N) is 1. The standard InChI is InChI=1S/C14H21BrClNO/c1-9-10(2)14(18-5)12(11(3)13(9)15)8-17(4)7-6-16/h6-8H2,1-5H3. The van der Waals surface area contributed by atoms with Gasteiger partial charge in [0.05, 0.1) is 7.11 Å². The molecule has 0 amide bonds. The Bertz CT molecular complexity index is 435. The topological polar surface area (TPSA) is 12.5 Å². The first-order chi connectivity index (χ1) is 8.43. The molecule has 0 aliphatic rings. The van der Waals surface area contributed by atoms with E-state index >= 15 is 0 Å². The third-order valence-electron chi connectivity index (χ3n) is 3.39. The monoisotopic (exact) mass is 333 g/mol. The Balaban J connectivity index is 3.24. The summed E-state index contributed by atoms with van der Waals surface area (Å²) in [7, 11) is 3.81. The predicted octanol–water partition coefficient (Wildman–Crippen LogP) is 4.05. The summed E-state index contributed by atoms with van der Waals surface area (Å²) in [6.45, 7) is 8.06. The average Bonchev–Trinajstić information content (AvgIpc) is 2.34. The molecule has 18 heavy (non-hydrogen) atoms. The van der Waals surface area contributed by atoms with Gasteiger partial charge in [-0.1, -0.05) is 15.9 Å². The second-order valence-electron chi connectivity index (χ2n) is 4.63. The van der Waals surface area contributed by atoms with E-state index in [1.807, 2.05) is 0 Å². The van der Waals surface area contributed by atoms with Crippen LogP contribution in [0.2, 0.25) is 0 Å². The van der Waals surface area contributed by atoms with Gasteiger partial charge in [-0.25, -0.2) is 0 Å². The maximum absolute atomic E-state index is 5.78. The summed E-state index contributed by atoms with van der Waals surface area (Å²) in [4.78, 5) is 2.21. The van der Waals surface area contributed by atoms with E-state index in [0.29, 0.717) is 5.88 Å². The highest BCUT2D eigenvalue weighted by Gasteiger charge is 2.17. The van der Waals surface area contributed by atoms with Crippen molar-refractivity contribution in [2.75, 3.05) is 26.6 Å². The van der Waals surface area contributed by atoms with Crippen LogP contribution in [0.4, 0.5) is 0 Å². The predicted molar refractivity (Wildman–Crippen MR) is 82.0 cm³/mol. The number of alkyl halides is 1. The van der Waals surface area contributed by atoms with Gasteiger partial charge in [0.1, 0.15) is 5.75 Å². The highest BCUT2D eigenvalue weighted by Crippen LogP contribution is 2.36. The minimum atomic E-state index is 0.643. The van der Waals surface area contributed by atoms with Crippen molar-refractivity contribution in [3.05, 3.63) is 26.7 Å². The molecule has 0 bridgehead atoms. The molecule has 0 spiro atoms. The van der Waals surface area contributed by atoms with Crippen molar-refractivity contribution in [1.82, 2.24) is 4.90 Å². The van der Waals surface area contributed by atoms with Crippen LogP contribution in [0, 0.1) is 20.8 Å². The number of halogens is 2. The summed E-state index contributed by atoms with van der Waals surface area (Å²) in [6, 6.07) is 0. The number of benzene rings is 1. The minimum Gasteiger partial charge on any atom is -0.496 e. The van der Waals surface area contributed by atoms with Crippen LogP contribution in [0.25, 0.3) is 0 Å². The highest BCUT2D eigenvalue weighted by molar-refractivity contribution is 9.10. The smallest absolute Gasteiger partial charge is 0.126 e. The molecule has 0 radical (unpaired) electrons. The molecular weight excluding hydrogens is 314 g/mol. The molecule has 0 atom stereocenters. The van der Waals surface area contributed by atoms with E-state index in [4.69, 9.17) is 16.3 Å². The molecule has 0 heterocycles. The van der Waals surface area contributed by atoms with Gasteiger partial charge in [0, 0.05) is 29.0 Å². The van der Waals surface area contributed by atoms with Crippen LogP contribution in [-0.2, 0) is 6.54 Å². The Kier molecular flexibility index (Phi) is 5.96. The van der Waals surface area contributed by atoms with E-state index in [2.05, 4.69) is 48.6 Å². The largest absolute Gasteiger partial charge is 0.496 e. The molecule has 0 aliphatic heterocycles. The molecule has 0 saturated carbocycles. The molecule has 0 saturated heterocycles. The molecular formula is C14H21BrClNO. The van der Waals surface area contributed by atoms with Crippen LogP contribution in [0.3, 0.4) is 0 Å². The first kappa shape index (κ1) is 15.8. The van der Waals surface area contributed by atoms with Crippen molar-refractivity contribution < 1.29 is 4.74 Å². The molecule has 2 nitrogen and oxygen atoms in total. The van der Waals surface area contributed by atoms with Gasteiger partial charge in [-0.15, -0.1) is 11.6 Å². The molecule has 1 aromatic rings. The fraction of sp³-hybridized carbons (Fsp3) is 0.571. The molecule has 0 aliphatic carbocycles. The maximum Gasteiger partial charge on any atom is 0.126 e. The lowest BCUT2D eigenvalue weighted by molar-refractivity contribution is 0.333. The van der Waals surface area contributed by atoms with Gasteiger partial charge in [-0.3, -0.25) is 0 Å². The number of ether oxygens (including phenoxy) is 1. The van der Waals surface area contributed by atoms with Gasteiger partial charge in [-0.2, -0.15) is 0 Å². The fourth-order valence-corrected chi connectivity index (χ4v) is 2.93. The SMILES string of the molecule is COc1c(C)c(C)c(Br)c(C)c1CN(C)CCCl. The zero-order valence-corrected chi connectivity index (χ0v) is 14.1. The summed E-state index contributed by atoms with van der Waals surface area (Å²) >= 11 is 9.45. The minimum absolute atomic E-state index is 0.643. The van der Waals surface area contributed by atoms with E-state index in [1.165, 1.54) is 26.7 Å². The second kappa shape index (κ2) is 6.78. The van der Waals surface area contributed by atoms with Crippen LogP contribution < -0.4 is 4.74 Å². The first-order valence-electron chi connectivity index (χ1n) is 6.00. The van der Waals surface area contributed by atoms with E-state index in [1.54, 1.807) is 7.11 Å². The molecule has 1 aromatic carbocycles. The molecule has 0 N–H and O–H groups in total. The number of hydrogen-bond acceptors (Lipinski definition) is 2. The van der Waals surface area contributed by atoms with Crippen LogP contribution in [-0.4, -0.2) is 31.5 Å². The Morgan fingerprint density at radius 1 is 1.17 bits per heavy atom. The number of methoxy groups -OCH3 is 1. The number of hydrogen-bond donors (Lipinski definition) is 0. The van der Waals surface area contributed by atoms with Crippen LogP contribution in [0.5, 0.6) is 5.75 Å². The third-order valence-corrected chi connectivity index (χ3v) is 4.75. The van der Waals surface area contributed by atoms with Gasteiger partial charge < -0.3 is 9.64 Å². The molecule has 102 valence electrons. The summed E-state index contributed by atoms with van der Waals surface area (Å²) in [5.74, 6) is 1.64. The van der Waals surface area contributed by atoms with Gasteiger partial charge in [0.2, 0.25) is 0 Å². The Labute approximate surface area is 123 Å². The summed E-state index contributed by atoms with van der Waals surface area (Å²) < 4.78 is 6.77. The second-order valence-corrected chi connectivity index (χ2v) is 5.80. The first-order valence-corrected chi connectivity index (χ1v) is 7.33. The zero-order chi connectivity index (χ0) is 13.9. The average molecular weight is 335 g/mol. The van der Waals surface area contributed by atoms with Crippen molar-refractivity contribution in [1.29, 1.82) is 0 Å². The van der Waals surface area contributed by atoms with Crippen LogP contribution in [0.1, 0.15) is 22.3 Å². The Morgan fingerprint density at radius 2 is 1.78 bits per heavy atom. The van der Waals surface area contributed by atoms with Gasteiger partial charge in [0.15, 0.2) is 0 Å².